The summed E-state index contributed by atoms with van der Waals surface area (Å²) in [6.07, 6.45) is 1.53. The Morgan fingerprint density at radius 3 is 2.75 bits per heavy atom. The fraction of sp³-hybridized carbons (Fsp3) is 0.0625. The average molecular weight is 263 g/mol. The first kappa shape index (κ1) is 12.3. The predicted octanol–water partition coefficient (Wildman–Crippen LogP) is 3.58. The summed E-state index contributed by atoms with van der Waals surface area (Å²) >= 11 is 0. The van der Waals surface area contributed by atoms with E-state index in [4.69, 9.17) is 0 Å². The van der Waals surface area contributed by atoms with E-state index < -0.39 is 0 Å². The van der Waals surface area contributed by atoms with Crippen LogP contribution in [0, 0.1) is 0 Å². The van der Waals surface area contributed by atoms with E-state index >= 15 is 0 Å². The Kier molecular flexibility index (Phi) is 3.13. The number of hydrogen-bond acceptors (Lipinski definition) is 4. The van der Waals surface area contributed by atoms with Gasteiger partial charge in [-0.15, -0.1) is 0 Å². The number of aromatic nitrogens is 2. The van der Waals surface area contributed by atoms with Crippen LogP contribution in [0.3, 0.4) is 0 Å². The lowest BCUT2D eigenvalue weighted by Crippen LogP contribution is -1.98. The summed E-state index contributed by atoms with van der Waals surface area (Å²) in [5.74, 6) is 0.775. The van der Waals surface area contributed by atoms with Gasteiger partial charge >= 0.3 is 0 Å². The number of fused-ring (bicyclic) bond motifs is 1. The van der Waals surface area contributed by atoms with Crippen molar-refractivity contribution in [3.8, 4) is 0 Å². The molecule has 0 unspecified atom stereocenters. The Morgan fingerprint density at radius 2 is 1.90 bits per heavy atom. The Balaban J connectivity index is 2.01. The molecule has 0 amide bonds. The lowest BCUT2D eigenvalue weighted by molar-refractivity contribution is 0.101. The minimum Gasteiger partial charge on any atom is -0.340 e. The van der Waals surface area contributed by atoms with Gasteiger partial charge in [0.1, 0.15) is 12.1 Å². The SMILES string of the molecule is CC(=O)c1cccc(Nc2ncnc3ccccc23)c1. The number of anilines is 2. The lowest BCUT2D eigenvalue weighted by Gasteiger charge is -2.08. The van der Waals surface area contributed by atoms with Gasteiger partial charge in [0, 0.05) is 16.6 Å². The molecule has 0 saturated carbocycles. The molecule has 0 atom stereocenters. The predicted molar refractivity (Wildman–Crippen MR) is 79.3 cm³/mol. The van der Waals surface area contributed by atoms with Gasteiger partial charge in [0.15, 0.2) is 5.78 Å². The van der Waals surface area contributed by atoms with Gasteiger partial charge in [0.2, 0.25) is 0 Å². The highest BCUT2D eigenvalue weighted by Crippen LogP contribution is 2.23. The molecule has 0 bridgehead atoms. The maximum Gasteiger partial charge on any atom is 0.159 e. The fourth-order valence-corrected chi connectivity index (χ4v) is 2.06. The van der Waals surface area contributed by atoms with E-state index in [0.29, 0.717) is 5.56 Å². The normalized spacial score (nSPS) is 10.4. The molecule has 2 aromatic carbocycles. The van der Waals surface area contributed by atoms with Crippen molar-refractivity contribution < 1.29 is 4.79 Å². The monoisotopic (exact) mass is 263 g/mol. The smallest absolute Gasteiger partial charge is 0.159 e. The molecular weight excluding hydrogens is 250 g/mol. The molecule has 3 rings (SSSR count). The van der Waals surface area contributed by atoms with Crippen LogP contribution >= 0.6 is 0 Å². The Bertz CT molecular complexity index is 778. The van der Waals surface area contributed by atoms with Crippen molar-refractivity contribution in [2.45, 2.75) is 6.92 Å². The van der Waals surface area contributed by atoms with Crippen molar-refractivity contribution in [1.82, 2.24) is 9.97 Å². The summed E-state index contributed by atoms with van der Waals surface area (Å²) < 4.78 is 0. The van der Waals surface area contributed by atoms with Crippen LogP contribution in [0.25, 0.3) is 10.9 Å². The zero-order valence-electron chi connectivity index (χ0n) is 11.0. The minimum atomic E-state index is 0.0428. The van der Waals surface area contributed by atoms with Crippen LogP contribution in [-0.4, -0.2) is 15.8 Å². The van der Waals surface area contributed by atoms with Gasteiger partial charge in [0.25, 0.3) is 0 Å². The van der Waals surface area contributed by atoms with E-state index in [-0.39, 0.29) is 5.78 Å². The quantitative estimate of drug-likeness (QED) is 0.734. The molecule has 0 radical (unpaired) electrons. The highest BCUT2D eigenvalue weighted by Gasteiger charge is 2.05. The second kappa shape index (κ2) is 5.09. The van der Waals surface area contributed by atoms with Gasteiger partial charge in [-0.1, -0.05) is 24.3 Å². The number of benzene rings is 2. The standard InChI is InChI=1S/C16H13N3O/c1-11(20)12-5-4-6-13(9-12)19-16-14-7-2-3-8-15(14)17-10-18-16/h2-10H,1H3,(H,17,18,19). The molecule has 0 fully saturated rings. The second-order valence-electron chi connectivity index (χ2n) is 4.50. The first-order valence-electron chi connectivity index (χ1n) is 6.32. The molecule has 4 nitrogen and oxygen atoms in total. The molecule has 98 valence electrons. The van der Waals surface area contributed by atoms with Crippen molar-refractivity contribution >= 4 is 28.2 Å². The molecule has 1 heterocycles. The molecule has 3 aromatic rings. The van der Waals surface area contributed by atoms with Crippen LogP contribution < -0.4 is 5.32 Å². The number of carbonyl (C=O) groups is 1. The molecule has 0 aliphatic carbocycles. The summed E-state index contributed by atoms with van der Waals surface area (Å²) in [5, 5.41) is 4.19. The molecule has 0 aliphatic rings. The van der Waals surface area contributed by atoms with E-state index in [9.17, 15) is 4.79 Å². The van der Waals surface area contributed by atoms with Crippen molar-refractivity contribution in [3.63, 3.8) is 0 Å². The van der Waals surface area contributed by atoms with Crippen LogP contribution in [0.15, 0.2) is 54.9 Å². The minimum absolute atomic E-state index is 0.0428. The largest absolute Gasteiger partial charge is 0.340 e. The van der Waals surface area contributed by atoms with Crippen molar-refractivity contribution in [1.29, 1.82) is 0 Å². The number of nitrogens with one attached hydrogen (secondary N) is 1. The molecule has 1 aromatic heterocycles. The number of ketones is 1. The first-order chi connectivity index (χ1) is 9.74. The summed E-state index contributed by atoms with van der Waals surface area (Å²) in [6, 6.07) is 15.2. The van der Waals surface area contributed by atoms with Crippen LogP contribution in [0.1, 0.15) is 17.3 Å². The van der Waals surface area contributed by atoms with Crippen LogP contribution in [0.5, 0.6) is 0 Å². The molecule has 20 heavy (non-hydrogen) atoms. The zero-order chi connectivity index (χ0) is 13.9. The van der Waals surface area contributed by atoms with Gasteiger partial charge in [-0.2, -0.15) is 0 Å². The first-order valence-corrected chi connectivity index (χ1v) is 6.32. The number of hydrogen-bond donors (Lipinski definition) is 1. The number of carbonyl (C=O) groups excluding carboxylic acids is 1. The van der Waals surface area contributed by atoms with Gasteiger partial charge in [0.05, 0.1) is 5.52 Å². The summed E-state index contributed by atoms with van der Waals surface area (Å²) in [7, 11) is 0. The Labute approximate surface area is 116 Å². The third kappa shape index (κ3) is 2.36. The van der Waals surface area contributed by atoms with E-state index in [1.54, 1.807) is 13.0 Å². The molecular formula is C16H13N3O. The summed E-state index contributed by atoms with van der Waals surface area (Å²) in [5.41, 5.74) is 2.39. The third-order valence-corrected chi connectivity index (χ3v) is 3.07. The van der Waals surface area contributed by atoms with E-state index in [2.05, 4.69) is 15.3 Å². The lowest BCUT2D eigenvalue weighted by atomic mass is 10.1. The number of Topliss-reactive ketones (excluding diaryl/α,β-unsaturated/α-hetero) is 1. The number of nitrogens with zero attached hydrogens (tertiary/aromatic N) is 2. The van der Waals surface area contributed by atoms with Crippen LogP contribution in [0.2, 0.25) is 0 Å². The summed E-state index contributed by atoms with van der Waals surface area (Å²) in [4.78, 5) is 19.9. The zero-order valence-corrected chi connectivity index (χ0v) is 11.0. The fourth-order valence-electron chi connectivity index (χ4n) is 2.06. The Morgan fingerprint density at radius 1 is 1.05 bits per heavy atom. The number of rotatable bonds is 3. The maximum absolute atomic E-state index is 11.4. The second-order valence-corrected chi connectivity index (χ2v) is 4.50. The molecule has 1 N–H and O–H groups in total. The highest BCUT2D eigenvalue weighted by molar-refractivity contribution is 5.96. The van der Waals surface area contributed by atoms with Crippen LogP contribution in [0.4, 0.5) is 11.5 Å². The van der Waals surface area contributed by atoms with Gasteiger partial charge in [-0.05, 0) is 31.2 Å². The average Bonchev–Trinajstić information content (AvgIpc) is 2.48. The summed E-state index contributed by atoms with van der Waals surface area (Å²) in [6.45, 7) is 1.55. The molecule has 0 aliphatic heterocycles. The van der Waals surface area contributed by atoms with Crippen molar-refractivity contribution in [2.75, 3.05) is 5.32 Å². The third-order valence-electron chi connectivity index (χ3n) is 3.07. The van der Waals surface area contributed by atoms with Gasteiger partial charge in [-0.25, -0.2) is 9.97 Å². The van der Waals surface area contributed by atoms with Gasteiger partial charge in [-0.3, -0.25) is 4.79 Å². The molecule has 0 saturated heterocycles. The van der Waals surface area contributed by atoms with Crippen LogP contribution in [-0.2, 0) is 0 Å². The maximum atomic E-state index is 11.4. The molecule has 0 spiro atoms. The van der Waals surface area contributed by atoms with Crippen molar-refractivity contribution in [2.24, 2.45) is 0 Å². The Hall–Kier alpha value is -2.75. The molecule has 4 heteroatoms. The topological polar surface area (TPSA) is 54.9 Å². The van der Waals surface area contributed by atoms with Crippen molar-refractivity contribution in [3.05, 3.63) is 60.4 Å². The highest BCUT2D eigenvalue weighted by atomic mass is 16.1. The van der Waals surface area contributed by atoms with E-state index in [1.807, 2.05) is 42.5 Å². The van der Waals surface area contributed by atoms with E-state index in [1.165, 1.54) is 6.33 Å². The van der Waals surface area contributed by atoms with E-state index in [0.717, 1.165) is 22.4 Å². The number of para-hydroxylation sites is 1. The van der Waals surface area contributed by atoms with Gasteiger partial charge < -0.3 is 5.32 Å².